The Kier molecular flexibility index (Phi) is 5.31. The van der Waals surface area contributed by atoms with Gasteiger partial charge in [-0.3, -0.25) is 0 Å². The summed E-state index contributed by atoms with van der Waals surface area (Å²) in [4.78, 5) is 2.67. The number of ether oxygens (including phenoxy) is 1. The monoisotopic (exact) mass is 274 g/mol. The quantitative estimate of drug-likeness (QED) is 0.854. The van der Waals surface area contributed by atoms with Crippen LogP contribution in [0.3, 0.4) is 0 Å². The molecule has 1 saturated carbocycles. The number of rotatable bonds is 3. The van der Waals surface area contributed by atoms with Gasteiger partial charge in [-0.2, -0.15) is 0 Å². The van der Waals surface area contributed by atoms with E-state index < -0.39 is 0 Å². The van der Waals surface area contributed by atoms with Crippen LogP contribution in [0.25, 0.3) is 0 Å². The van der Waals surface area contributed by atoms with Crippen LogP contribution < -0.4 is 5.73 Å². The molecule has 0 aromatic carbocycles. The van der Waals surface area contributed by atoms with Crippen LogP contribution in [0.1, 0.15) is 32.1 Å². The van der Waals surface area contributed by atoms with E-state index >= 15 is 0 Å². The maximum Gasteiger partial charge on any atom is 0.0495 e. The van der Waals surface area contributed by atoms with E-state index in [1.165, 1.54) is 51.7 Å². The summed E-state index contributed by atoms with van der Waals surface area (Å²) in [6, 6.07) is 0.480. The van der Waals surface area contributed by atoms with Gasteiger partial charge in [0.1, 0.15) is 0 Å². The first-order valence-corrected chi connectivity index (χ1v) is 7.38. The Balaban J connectivity index is 0.00000120. The predicted octanol–water partition coefficient (Wildman–Crippen LogP) is 1.89. The third-order valence-corrected chi connectivity index (χ3v) is 5.11. The molecule has 3 aliphatic rings. The average Bonchev–Trinajstić information content (AvgIpc) is 2.95. The standard InChI is InChI=1S/C14H26N2O.ClH/c15-14-3-1-2-12-8-16(9-13(12)14)6-4-11-5-7-17-10-11;/h11-14H,1-10,15H2;1H. The molecule has 106 valence electrons. The molecule has 4 unspecified atom stereocenters. The van der Waals surface area contributed by atoms with E-state index in [4.69, 9.17) is 10.5 Å². The van der Waals surface area contributed by atoms with E-state index in [9.17, 15) is 0 Å². The Labute approximate surface area is 117 Å². The molecule has 2 heterocycles. The second kappa shape index (κ2) is 6.56. The predicted molar refractivity (Wildman–Crippen MR) is 76.0 cm³/mol. The van der Waals surface area contributed by atoms with Crippen molar-refractivity contribution in [3.8, 4) is 0 Å². The zero-order chi connectivity index (χ0) is 11.7. The van der Waals surface area contributed by atoms with Crippen LogP contribution in [0, 0.1) is 17.8 Å². The van der Waals surface area contributed by atoms with Crippen LogP contribution in [-0.4, -0.2) is 43.8 Å². The molecule has 0 amide bonds. The molecule has 2 aliphatic heterocycles. The second-order valence-corrected chi connectivity index (χ2v) is 6.30. The minimum absolute atomic E-state index is 0. The topological polar surface area (TPSA) is 38.5 Å². The van der Waals surface area contributed by atoms with Gasteiger partial charge in [-0.05, 0) is 50.0 Å². The summed E-state index contributed by atoms with van der Waals surface area (Å²) < 4.78 is 5.45. The number of hydrogen-bond donors (Lipinski definition) is 1. The smallest absolute Gasteiger partial charge is 0.0495 e. The number of fused-ring (bicyclic) bond motifs is 1. The fraction of sp³-hybridized carbons (Fsp3) is 1.00. The SMILES string of the molecule is Cl.NC1CCCC2CN(CCC3CCOC3)CC12. The average molecular weight is 275 g/mol. The summed E-state index contributed by atoms with van der Waals surface area (Å²) >= 11 is 0. The number of likely N-dealkylation sites (tertiary alicyclic amines) is 1. The van der Waals surface area contributed by atoms with E-state index in [-0.39, 0.29) is 12.4 Å². The molecule has 0 aromatic heterocycles. The van der Waals surface area contributed by atoms with Crippen molar-refractivity contribution >= 4 is 12.4 Å². The summed E-state index contributed by atoms with van der Waals surface area (Å²) in [5.41, 5.74) is 6.25. The fourth-order valence-corrected chi connectivity index (χ4v) is 3.97. The minimum atomic E-state index is 0. The molecule has 0 aromatic rings. The van der Waals surface area contributed by atoms with Crippen molar-refractivity contribution in [2.24, 2.45) is 23.5 Å². The van der Waals surface area contributed by atoms with E-state index in [1.807, 2.05) is 0 Å². The Morgan fingerprint density at radius 1 is 1.17 bits per heavy atom. The van der Waals surface area contributed by atoms with Crippen molar-refractivity contribution in [3.05, 3.63) is 0 Å². The molecule has 2 saturated heterocycles. The lowest BCUT2D eigenvalue weighted by atomic mass is 9.78. The summed E-state index contributed by atoms with van der Waals surface area (Å²) in [7, 11) is 0. The highest BCUT2D eigenvalue weighted by molar-refractivity contribution is 5.85. The molecule has 18 heavy (non-hydrogen) atoms. The maximum absolute atomic E-state index is 6.25. The van der Waals surface area contributed by atoms with Crippen molar-refractivity contribution in [2.45, 2.75) is 38.1 Å². The summed E-state index contributed by atoms with van der Waals surface area (Å²) in [5, 5.41) is 0. The van der Waals surface area contributed by atoms with E-state index in [2.05, 4.69) is 4.90 Å². The van der Waals surface area contributed by atoms with Gasteiger partial charge in [-0.15, -0.1) is 12.4 Å². The molecular weight excluding hydrogens is 248 g/mol. The molecule has 3 nitrogen and oxygen atoms in total. The molecule has 3 fully saturated rings. The Bertz CT molecular complexity index is 258. The summed E-state index contributed by atoms with van der Waals surface area (Å²) in [6.07, 6.45) is 6.63. The number of hydrogen-bond acceptors (Lipinski definition) is 3. The van der Waals surface area contributed by atoms with E-state index in [0.717, 1.165) is 31.0 Å². The molecular formula is C14H27ClN2O. The highest BCUT2D eigenvalue weighted by atomic mass is 35.5. The van der Waals surface area contributed by atoms with Gasteiger partial charge in [-0.1, -0.05) is 6.42 Å². The normalized spacial score (nSPS) is 40.5. The van der Waals surface area contributed by atoms with Crippen LogP contribution >= 0.6 is 12.4 Å². The summed E-state index contributed by atoms with van der Waals surface area (Å²) in [5.74, 6) is 2.52. The molecule has 3 rings (SSSR count). The lowest BCUT2D eigenvalue weighted by Gasteiger charge is -2.29. The third-order valence-electron chi connectivity index (χ3n) is 5.11. The van der Waals surface area contributed by atoms with Gasteiger partial charge < -0.3 is 15.4 Å². The van der Waals surface area contributed by atoms with Gasteiger partial charge in [0.15, 0.2) is 0 Å². The molecule has 2 N–H and O–H groups in total. The third kappa shape index (κ3) is 3.19. The second-order valence-electron chi connectivity index (χ2n) is 6.30. The highest BCUT2D eigenvalue weighted by Crippen LogP contribution is 2.35. The fourth-order valence-electron chi connectivity index (χ4n) is 3.97. The van der Waals surface area contributed by atoms with Gasteiger partial charge >= 0.3 is 0 Å². The van der Waals surface area contributed by atoms with Crippen molar-refractivity contribution < 1.29 is 4.74 Å². The molecule has 4 heteroatoms. The van der Waals surface area contributed by atoms with Crippen LogP contribution in [0.15, 0.2) is 0 Å². The maximum atomic E-state index is 6.25. The Morgan fingerprint density at radius 2 is 2.06 bits per heavy atom. The van der Waals surface area contributed by atoms with Gasteiger partial charge in [0.25, 0.3) is 0 Å². The van der Waals surface area contributed by atoms with Gasteiger partial charge in [0.05, 0.1) is 0 Å². The van der Waals surface area contributed by atoms with Gasteiger partial charge in [-0.25, -0.2) is 0 Å². The van der Waals surface area contributed by atoms with Gasteiger partial charge in [0, 0.05) is 32.3 Å². The van der Waals surface area contributed by atoms with Crippen LogP contribution in [0.5, 0.6) is 0 Å². The number of nitrogens with two attached hydrogens (primary N) is 1. The highest BCUT2D eigenvalue weighted by Gasteiger charge is 2.38. The van der Waals surface area contributed by atoms with Gasteiger partial charge in [0.2, 0.25) is 0 Å². The van der Waals surface area contributed by atoms with Crippen molar-refractivity contribution in [1.29, 1.82) is 0 Å². The van der Waals surface area contributed by atoms with Crippen molar-refractivity contribution in [2.75, 3.05) is 32.8 Å². The minimum Gasteiger partial charge on any atom is -0.381 e. The summed E-state index contributed by atoms with van der Waals surface area (Å²) in [6.45, 7) is 5.83. The lowest BCUT2D eigenvalue weighted by molar-refractivity contribution is 0.180. The largest absolute Gasteiger partial charge is 0.381 e. The zero-order valence-electron chi connectivity index (χ0n) is 11.2. The van der Waals surface area contributed by atoms with E-state index in [0.29, 0.717) is 6.04 Å². The lowest BCUT2D eigenvalue weighted by Crippen LogP contribution is -2.38. The molecule has 1 aliphatic carbocycles. The van der Waals surface area contributed by atoms with Crippen LogP contribution in [0.4, 0.5) is 0 Å². The molecule has 0 radical (unpaired) electrons. The van der Waals surface area contributed by atoms with Crippen LogP contribution in [0.2, 0.25) is 0 Å². The first kappa shape index (κ1) is 14.6. The zero-order valence-corrected chi connectivity index (χ0v) is 12.0. The van der Waals surface area contributed by atoms with Crippen LogP contribution in [-0.2, 0) is 4.74 Å². The number of nitrogens with zero attached hydrogens (tertiary/aromatic N) is 1. The first-order chi connectivity index (χ1) is 8.33. The Morgan fingerprint density at radius 3 is 2.78 bits per heavy atom. The van der Waals surface area contributed by atoms with Crippen molar-refractivity contribution in [3.63, 3.8) is 0 Å². The molecule has 0 spiro atoms. The molecule has 4 atom stereocenters. The molecule has 0 bridgehead atoms. The Hall–Kier alpha value is 0.170. The van der Waals surface area contributed by atoms with E-state index in [1.54, 1.807) is 0 Å². The van der Waals surface area contributed by atoms with Crippen molar-refractivity contribution in [1.82, 2.24) is 4.90 Å². The number of halogens is 1. The first-order valence-electron chi connectivity index (χ1n) is 7.38.